The van der Waals surface area contributed by atoms with Crippen molar-refractivity contribution in [3.05, 3.63) is 29.8 Å². The monoisotopic (exact) mass is 237 g/mol. The van der Waals surface area contributed by atoms with Gasteiger partial charge < -0.3 is 10.2 Å². The average molecular weight is 237 g/mol. The molecule has 1 aliphatic heterocycles. The summed E-state index contributed by atoms with van der Waals surface area (Å²) >= 11 is 0. The van der Waals surface area contributed by atoms with Crippen molar-refractivity contribution in [1.82, 2.24) is 15.2 Å². The summed E-state index contributed by atoms with van der Waals surface area (Å²) in [5.41, 5.74) is 0.166. The lowest BCUT2D eigenvalue weighted by Gasteiger charge is -2.18. The van der Waals surface area contributed by atoms with Gasteiger partial charge in [0.15, 0.2) is 0 Å². The Bertz CT molecular complexity index is 450. The van der Waals surface area contributed by atoms with Crippen molar-refractivity contribution < 1.29 is 14.0 Å². The van der Waals surface area contributed by atoms with E-state index in [4.69, 9.17) is 0 Å². The summed E-state index contributed by atoms with van der Waals surface area (Å²) in [6.07, 6.45) is 3.03. The van der Waals surface area contributed by atoms with Crippen LogP contribution in [0.2, 0.25) is 0 Å². The molecule has 0 atom stereocenters. The zero-order chi connectivity index (χ0) is 12.3. The molecule has 0 bridgehead atoms. The Morgan fingerprint density at radius 3 is 3.06 bits per heavy atom. The Balaban J connectivity index is 2.16. The largest absolute Gasteiger partial charge is 0.354 e. The molecule has 2 rings (SSSR count). The second-order valence-corrected chi connectivity index (χ2v) is 3.82. The molecule has 0 unspecified atom stereocenters. The minimum absolute atomic E-state index is 0.00927. The Labute approximate surface area is 97.6 Å². The van der Waals surface area contributed by atoms with E-state index in [2.05, 4.69) is 10.3 Å². The quantitative estimate of drug-likeness (QED) is 0.758. The maximum absolute atomic E-state index is 12.9. The summed E-state index contributed by atoms with van der Waals surface area (Å²) in [5, 5.41) is 2.67. The highest BCUT2D eigenvalue weighted by Crippen LogP contribution is 2.07. The van der Waals surface area contributed by atoms with E-state index in [0.29, 0.717) is 19.5 Å². The molecule has 1 saturated heterocycles. The van der Waals surface area contributed by atoms with Gasteiger partial charge in [0, 0.05) is 19.3 Å². The fourth-order valence-electron chi connectivity index (χ4n) is 1.69. The van der Waals surface area contributed by atoms with Gasteiger partial charge in [-0.15, -0.1) is 0 Å². The third-order valence-corrected chi connectivity index (χ3v) is 2.50. The fraction of sp³-hybridized carbons (Fsp3) is 0.364. The number of hydrogen-bond acceptors (Lipinski definition) is 3. The predicted octanol–water partition coefficient (Wildman–Crippen LogP) is 0.183. The van der Waals surface area contributed by atoms with Crippen molar-refractivity contribution in [3.63, 3.8) is 0 Å². The Kier molecular flexibility index (Phi) is 3.32. The summed E-state index contributed by atoms with van der Waals surface area (Å²) in [5.74, 6) is -1.12. The van der Waals surface area contributed by atoms with E-state index in [1.165, 1.54) is 11.1 Å². The normalized spacial score (nSPS) is 16.3. The number of aromatic nitrogens is 1. The summed E-state index contributed by atoms with van der Waals surface area (Å²) in [6, 6.07) is 1.12. The topological polar surface area (TPSA) is 62.3 Å². The highest BCUT2D eigenvalue weighted by Gasteiger charge is 2.21. The Hall–Kier alpha value is -1.98. The van der Waals surface area contributed by atoms with Crippen molar-refractivity contribution in [3.8, 4) is 0 Å². The molecule has 5 nitrogen and oxygen atoms in total. The zero-order valence-corrected chi connectivity index (χ0v) is 9.15. The minimum atomic E-state index is -0.560. The third kappa shape index (κ3) is 2.77. The Morgan fingerprint density at radius 2 is 2.29 bits per heavy atom. The van der Waals surface area contributed by atoms with Crippen LogP contribution in [0.4, 0.5) is 4.39 Å². The molecule has 90 valence electrons. The molecule has 0 spiro atoms. The van der Waals surface area contributed by atoms with Gasteiger partial charge in [0.25, 0.3) is 5.91 Å². The molecule has 0 aliphatic carbocycles. The first-order valence-corrected chi connectivity index (χ1v) is 5.33. The number of halogens is 1. The van der Waals surface area contributed by atoms with E-state index in [1.54, 1.807) is 0 Å². The maximum Gasteiger partial charge on any atom is 0.255 e. The molecule has 1 aromatic heterocycles. The highest BCUT2D eigenvalue weighted by molar-refractivity contribution is 5.96. The van der Waals surface area contributed by atoms with Crippen LogP contribution >= 0.6 is 0 Å². The van der Waals surface area contributed by atoms with Crippen LogP contribution in [-0.2, 0) is 4.79 Å². The molecule has 2 heterocycles. The number of hydrogen-bond donors (Lipinski definition) is 1. The minimum Gasteiger partial charge on any atom is -0.354 e. The molecule has 1 aliphatic rings. The first kappa shape index (κ1) is 11.5. The number of carbonyl (C=O) groups is 2. The lowest BCUT2D eigenvalue weighted by molar-refractivity contribution is -0.121. The van der Waals surface area contributed by atoms with E-state index < -0.39 is 5.82 Å². The number of nitrogens with one attached hydrogen (secondary N) is 1. The molecule has 1 aromatic rings. The van der Waals surface area contributed by atoms with E-state index in [1.807, 2.05) is 0 Å². The lowest BCUT2D eigenvalue weighted by Crippen LogP contribution is -2.37. The standard InChI is InChI=1S/C11H12FN3O2/c12-9-4-8(5-13-6-9)11(17)15-3-1-2-14-10(16)7-15/h4-6H,1-3,7H2,(H,14,16). The van der Waals surface area contributed by atoms with Crippen LogP contribution < -0.4 is 5.32 Å². The molecule has 6 heteroatoms. The van der Waals surface area contributed by atoms with E-state index in [9.17, 15) is 14.0 Å². The fourth-order valence-corrected chi connectivity index (χ4v) is 1.69. The Morgan fingerprint density at radius 1 is 1.47 bits per heavy atom. The van der Waals surface area contributed by atoms with Crippen molar-refractivity contribution in [2.75, 3.05) is 19.6 Å². The first-order valence-electron chi connectivity index (χ1n) is 5.33. The van der Waals surface area contributed by atoms with Gasteiger partial charge in [-0.25, -0.2) is 4.39 Å². The molecule has 1 N–H and O–H groups in total. The molecular formula is C11H12FN3O2. The molecule has 1 fully saturated rings. The van der Waals surface area contributed by atoms with E-state index in [-0.39, 0.29) is 23.9 Å². The van der Waals surface area contributed by atoms with Gasteiger partial charge in [-0.1, -0.05) is 0 Å². The third-order valence-electron chi connectivity index (χ3n) is 2.50. The molecule has 0 aromatic carbocycles. The van der Waals surface area contributed by atoms with Gasteiger partial charge in [-0.05, 0) is 12.5 Å². The van der Waals surface area contributed by atoms with Crippen LogP contribution in [-0.4, -0.2) is 41.3 Å². The molecule has 0 saturated carbocycles. The van der Waals surface area contributed by atoms with Crippen molar-refractivity contribution in [2.24, 2.45) is 0 Å². The molecule has 2 amide bonds. The molecular weight excluding hydrogens is 225 g/mol. The van der Waals surface area contributed by atoms with Crippen LogP contribution in [0.1, 0.15) is 16.8 Å². The van der Waals surface area contributed by atoms with E-state index >= 15 is 0 Å². The number of carbonyl (C=O) groups excluding carboxylic acids is 2. The highest BCUT2D eigenvalue weighted by atomic mass is 19.1. The van der Waals surface area contributed by atoms with Crippen LogP contribution in [0, 0.1) is 5.82 Å². The predicted molar refractivity (Wildman–Crippen MR) is 57.7 cm³/mol. The second kappa shape index (κ2) is 4.90. The first-order chi connectivity index (χ1) is 8.16. The maximum atomic E-state index is 12.9. The smallest absolute Gasteiger partial charge is 0.255 e. The van der Waals surface area contributed by atoms with Crippen LogP contribution in [0.15, 0.2) is 18.5 Å². The summed E-state index contributed by atoms with van der Waals surface area (Å²) in [6.45, 7) is 1.05. The van der Waals surface area contributed by atoms with E-state index in [0.717, 1.165) is 12.3 Å². The van der Waals surface area contributed by atoms with Gasteiger partial charge in [0.1, 0.15) is 5.82 Å². The van der Waals surface area contributed by atoms with Crippen molar-refractivity contribution in [1.29, 1.82) is 0 Å². The number of nitrogens with zero attached hydrogens (tertiary/aromatic N) is 2. The van der Waals surface area contributed by atoms with Gasteiger partial charge in [-0.2, -0.15) is 0 Å². The van der Waals surface area contributed by atoms with Crippen LogP contribution in [0.25, 0.3) is 0 Å². The molecule has 17 heavy (non-hydrogen) atoms. The van der Waals surface area contributed by atoms with Crippen molar-refractivity contribution >= 4 is 11.8 Å². The summed E-state index contributed by atoms with van der Waals surface area (Å²) in [7, 11) is 0. The van der Waals surface area contributed by atoms with Crippen LogP contribution in [0.5, 0.6) is 0 Å². The van der Waals surface area contributed by atoms with Crippen LogP contribution in [0.3, 0.4) is 0 Å². The summed E-state index contributed by atoms with van der Waals surface area (Å²) < 4.78 is 12.9. The summed E-state index contributed by atoms with van der Waals surface area (Å²) in [4.78, 5) is 28.3. The van der Waals surface area contributed by atoms with Crippen molar-refractivity contribution in [2.45, 2.75) is 6.42 Å². The zero-order valence-electron chi connectivity index (χ0n) is 9.15. The molecule has 0 radical (unpaired) electrons. The average Bonchev–Trinajstić information content (AvgIpc) is 2.53. The number of rotatable bonds is 1. The second-order valence-electron chi connectivity index (χ2n) is 3.82. The van der Waals surface area contributed by atoms with Gasteiger partial charge in [0.2, 0.25) is 5.91 Å². The number of pyridine rings is 1. The van der Waals surface area contributed by atoms with Gasteiger partial charge >= 0.3 is 0 Å². The SMILES string of the molecule is O=C1CN(C(=O)c2cncc(F)c2)CCCN1. The lowest BCUT2D eigenvalue weighted by atomic mass is 10.2. The van der Waals surface area contributed by atoms with Gasteiger partial charge in [-0.3, -0.25) is 14.6 Å². The van der Waals surface area contributed by atoms with Gasteiger partial charge in [0.05, 0.1) is 18.3 Å². The number of amides is 2.